The second-order valence-corrected chi connectivity index (χ2v) is 10.7. The summed E-state index contributed by atoms with van der Waals surface area (Å²) in [4.78, 5) is 11.0. The van der Waals surface area contributed by atoms with Crippen molar-refractivity contribution in [2.24, 2.45) is 0 Å². The molecule has 3 N–H and O–H groups in total. The van der Waals surface area contributed by atoms with Gasteiger partial charge >= 0.3 is 0 Å². The van der Waals surface area contributed by atoms with Crippen LogP contribution >= 0.6 is 0 Å². The quantitative estimate of drug-likeness (QED) is 0.556. The van der Waals surface area contributed by atoms with Crippen LogP contribution in [0.25, 0.3) is 22.2 Å². The first-order valence-electron chi connectivity index (χ1n) is 10.7. The standard InChI is InChI=1S/C22H30N6O4S/c1-22(2,3)26-33(29,30)19-12-16(13-24-20(19)31-4)15-5-6-17-18(11-15)28(21(23)25-17)14-27-7-9-32-10-8-27/h5-6,11-13,26H,7-10,14H2,1-4H3,(H2,23,25). The Balaban J connectivity index is 1.75. The van der Waals surface area contributed by atoms with Crippen LogP contribution in [0.5, 0.6) is 5.88 Å². The molecule has 3 heterocycles. The van der Waals surface area contributed by atoms with Gasteiger partial charge in [-0.2, -0.15) is 0 Å². The molecule has 0 bridgehead atoms. The Morgan fingerprint density at radius 2 is 1.91 bits per heavy atom. The highest BCUT2D eigenvalue weighted by Crippen LogP contribution is 2.31. The molecule has 10 nitrogen and oxygen atoms in total. The zero-order valence-corrected chi connectivity index (χ0v) is 20.1. The van der Waals surface area contributed by atoms with E-state index in [0.29, 0.717) is 31.4 Å². The van der Waals surface area contributed by atoms with Gasteiger partial charge in [0.05, 0.1) is 38.0 Å². The molecule has 4 rings (SSSR count). The summed E-state index contributed by atoms with van der Waals surface area (Å²) < 4.78 is 41.3. The normalized spacial score (nSPS) is 15.8. The van der Waals surface area contributed by atoms with Crippen molar-refractivity contribution in [2.75, 3.05) is 39.1 Å². The number of pyridine rings is 1. The number of hydrogen-bond donors (Lipinski definition) is 2. The Morgan fingerprint density at radius 1 is 1.18 bits per heavy atom. The molecular weight excluding hydrogens is 444 g/mol. The molecule has 0 amide bonds. The molecule has 1 aromatic carbocycles. The van der Waals surface area contributed by atoms with Gasteiger partial charge in [0.15, 0.2) is 0 Å². The Labute approximate surface area is 193 Å². The molecule has 33 heavy (non-hydrogen) atoms. The molecule has 1 aliphatic rings. The smallest absolute Gasteiger partial charge is 0.246 e. The lowest BCUT2D eigenvalue weighted by Gasteiger charge is -2.27. The van der Waals surface area contributed by atoms with Crippen LogP contribution in [0.3, 0.4) is 0 Å². The summed E-state index contributed by atoms with van der Waals surface area (Å²) in [7, 11) is -2.45. The minimum absolute atomic E-state index is 0.0149. The summed E-state index contributed by atoms with van der Waals surface area (Å²) in [6, 6.07) is 7.29. The van der Waals surface area contributed by atoms with Crippen molar-refractivity contribution in [3.8, 4) is 17.0 Å². The van der Waals surface area contributed by atoms with E-state index in [9.17, 15) is 8.42 Å². The van der Waals surface area contributed by atoms with Gasteiger partial charge in [-0.25, -0.2) is 23.1 Å². The van der Waals surface area contributed by atoms with E-state index in [1.807, 2.05) is 22.8 Å². The number of aromatic nitrogens is 3. The van der Waals surface area contributed by atoms with Crippen LogP contribution in [-0.4, -0.2) is 66.8 Å². The number of nitrogens with zero attached hydrogens (tertiary/aromatic N) is 4. The van der Waals surface area contributed by atoms with Crippen LogP contribution in [0.1, 0.15) is 20.8 Å². The second-order valence-electron chi connectivity index (χ2n) is 9.06. The monoisotopic (exact) mass is 474 g/mol. The fourth-order valence-electron chi connectivity index (χ4n) is 3.81. The predicted molar refractivity (Wildman–Crippen MR) is 126 cm³/mol. The second kappa shape index (κ2) is 8.90. The zero-order valence-electron chi connectivity index (χ0n) is 19.3. The first-order valence-corrected chi connectivity index (χ1v) is 12.2. The molecule has 1 fully saturated rings. The predicted octanol–water partition coefficient (Wildman–Crippen LogP) is 2.06. The highest BCUT2D eigenvalue weighted by molar-refractivity contribution is 7.89. The van der Waals surface area contributed by atoms with Gasteiger partial charge in [0.2, 0.25) is 21.9 Å². The van der Waals surface area contributed by atoms with Gasteiger partial charge in [0, 0.05) is 30.4 Å². The summed E-state index contributed by atoms with van der Waals surface area (Å²) in [5.41, 5.74) is 8.64. The van der Waals surface area contributed by atoms with Crippen LogP contribution in [-0.2, 0) is 21.4 Å². The van der Waals surface area contributed by atoms with Crippen molar-refractivity contribution in [2.45, 2.75) is 37.9 Å². The fraction of sp³-hybridized carbons (Fsp3) is 0.455. The number of nitrogens with two attached hydrogens (primary N) is 1. The number of fused-ring (bicyclic) bond motifs is 1. The first-order chi connectivity index (χ1) is 15.6. The maximum atomic E-state index is 13.0. The minimum atomic E-state index is -3.85. The van der Waals surface area contributed by atoms with Crippen LogP contribution in [0.15, 0.2) is 35.4 Å². The molecular formula is C22H30N6O4S. The lowest BCUT2D eigenvalue weighted by molar-refractivity contribution is 0.0244. The molecule has 0 spiro atoms. The Morgan fingerprint density at radius 3 is 2.58 bits per heavy atom. The third-order valence-electron chi connectivity index (χ3n) is 5.30. The van der Waals surface area contributed by atoms with Crippen LogP contribution in [0, 0.1) is 0 Å². The number of sulfonamides is 1. The lowest BCUT2D eigenvalue weighted by atomic mass is 10.1. The summed E-state index contributed by atoms with van der Waals surface area (Å²) in [6.45, 7) is 8.97. The van der Waals surface area contributed by atoms with E-state index in [0.717, 1.165) is 29.7 Å². The molecule has 11 heteroatoms. The summed E-state index contributed by atoms with van der Waals surface area (Å²) in [5.74, 6) is 0.470. The average Bonchev–Trinajstić information content (AvgIpc) is 3.07. The van der Waals surface area contributed by atoms with Crippen molar-refractivity contribution in [1.82, 2.24) is 24.2 Å². The third-order valence-corrected chi connectivity index (χ3v) is 7.05. The minimum Gasteiger partial charge on any atom is -0.480 e. The number of methoxy groups -OCH3 is 1. The van der Waals surface area contributed by atoms with E-state index in [-0.39, 0.29) is 10.8 Å². The molecule has 178 valence electrons. The van der Waals surface area contributed by atoms with E-state index >= 15 is 0 Å². The van der Waals surface area contributed by atoms with E-state index in [4.69, 9.17) is 15.2 Å². The van der Waals surface area contributed by atoms with Crippen molar-refractivity contribution >= 4 is 27.0 Å². The van der Waals surface area contributed by atoms with Gasteiger partial charge in [0.1, 0.15) is 4.90 Å². The SMILES string of the molecule is COc1ncc(-c2ccc3nc(N)n(CN4CCOCC4)c3c2)cc1S(=O)(=O)NC(C)(C)C. The van der Waals surface area contributed by atoms with E-state index in [1.165, 1.54) is 7.11 Å². The number of imidazole rings is 1. The summed E-state index contributed by atoms with van der Waals surface area (Å²) in [5, 5.41) is 0. The van der Waals surface area contributed by atoms with Gasteiger partial charge in [-0.15, -0.1) is 0 Å². The molecule has 2 aromatic heterocycles. The van der Waals surface area contributed by atoms with Gasteiger partial charge in [-0.1, -0.05) is 6.07 Å². The molecule has 3 aromatic rings. The molecule has 0 atom stereocenters. The number of hydrogen-bond acceptors (Lipinski definition) is 8. The summed E-state index contributed by atoms with van der Waals surface area (Å²) in [6.07, 6.45) is 1.60. The first kappa shape index (κ1) is 23.4. The van der Waals surface area contributed by atoms with Gasteiger partial charge in [-0.05, 0) is 44.5 Å². The Bertz CT molecular complexity index is 1260. The van der Waals surface area contributed by atoms with Crippen LogP contribution < -0.4 is 15.2 Å². The number of nitrogens with one attached hydrogen (secondary N) is 1. The average molecular weight is 475 g/mol. The largest absolute Gasteiger partial charge is 0.480 e. The van der Waals surface area contributed by atoms with Crippen molar-refractivity contribution < 1.29 is 17.9 Å². The molecule has 0 saturated carbocycles. The lowest BCUT2D eigenvalue weighted by Crippen LogP contribution is -2.40. The van der Waals surface area contributed by atoms with Crippen molar-refractivity contribution in [3.05, 3.63) is 30.5 Å². The van der Waals surface area contributed by atoms with Crippen LogP contribution in [0.4, 0.5) is 5.95 Å². The molecule has 0 aliphatic carbocycles. The number of rotatable bonds is 6. The highest BCUT2D eigenvalue weighted by Gasteiger charge is 2.27. The van der Waals surface area contributed by atoms with Gasteiger partial charge in [0.25, 0.3) is 0 Å². The van der Waals surface area contributed by atoms with E-state index in [1.54, 1.807) is 33.0 Å². The van der Waals surface area contributed by atoms with Crippen molar-refractivity contribution in [3.63, 3.8) is 0 Å². The van der Waals surface area contributed by atoms with Crippen LogP contribution in [0.2, 0.25) is 0 Å². The Hall–Kier alpha value is -2.73. The maximum Gasteiger partial charge on any atom is 0.246 e. The van der Waals surface area contributed by atoms with E-state index < -0.39 is 15.6 Å². The number of morpholine rings is 1. The number of ether oxygens (including phenoxy) is 2. The van der Waals surface area contributed by atoms with Crippen molar-refractivity contribution in [1.29, 1.82) is 0 Å². The molecule has 1 saturated heterocycles. The topological polar surface area (TPSA) is 125 Å². The highest BCUT2D eigenvalue weighted by atomic mass is 32.2. The Kier molecular flexibility index (Phi) is 6.32. The number of anilines is 1. The van der Waals surface area contributed by atoms with Gasteiger partial charge < -0.3 is 15.2 Å². The molecule has 0 unspecified atom stereocenters. The van der Waals surface area contributed by atoms with Gasteiger partial charge in [-0.3, -0.25) is 9.47 Å². The zero-order chi connectivity index (χ0) is 23.8. The molecule has 1 aliphatic heterocycles. The number of benzene rings is 1. The fourth-order valence-corrected chi connectivity index (χ4v) is 5.37. The molecule has 0 radical (unpaired) electrons. The third kappa shape index (κ3) is 5.11. The number of nitrogen functional groups attached to an aromatic ring is 1. The van der Waals surface area contributed by atoms with E-state index in [2.05, 4.69) is 19.6 Å². The summed E-state index contributed by atoms with van der Waals surface area (Å²) >= 11 is 0. The maximum absolute atomic E-state index is 13.0.